The van der Waals surface area contributed by atoms with E-state index in [4.69, 9.17) is 4.18 Å². The van der Waals surface area contributed by atoms with Crippen molar-refractivity contribution in [2.45, 2.75) is 30.9 Å². The molecule has 1 unspecified atom stereocenters. The van der Waals surface area contributed by atoms with Crippen molar-refractivity contribution in [3.63, 3.8) is 0 Å². The molecule has 0 radical (unpaired) electrons. The van der Waals surface area contributed by atoms with Crippen LogP contribution in [0.2, 0.25) is 0 Å². The Hall–Kier alpha value is -1.58. The van der Waals surface area contributed by atoms with Crippen molar-refractivity contribution in [1.82, 2.24) is 0 Å². The number of anilines is 1. The molecule has 1 saturated heterocycles. The van der Waals surface area contributed by atoms with Crippen LogP contribution in [-0.2, 0) is 21.3 Å². The summed E-state index contributed by atoms with van der Waals surface area (Å²) in [4.78, 5) is 12.1. The number of nitrogens with zero attached hydrogens (tertiary/aromatic N) is 1. The van der Waals surface area contributed by atoms with E-state index in [1.807, 2.05) is 0 Å². The standard InChI is InChI=1S/C14H13F6NO2S/c1-8(22)23-24-10-4-5-21(7-10)12-3-2-9(13(15,16)17)6-11(12)14(18,19)20/h2-3,6,10H,4-5,7H2,1H3. The Bertz CT molecular complexity index is 616. The van der Waals surface area contributed by atoms with Crippen LogP contribution in [0.5, 0.6) is 0 Å². The zero-order valence-corrected chi connectivity index (χ0v) is 13.2. The van der Waals surface area contributed by atoms with Gasteiger partial charge >= 0.3 is 18.3 Å². The Morgan fingerprint density at radius 2 is 1.88 bits per heavy atom. The smallest absolute Gasteiger partial charge is 0.391 e. The monoisotopic (exact) mass is 373 g/mol. The average Bonchev–Trinajstić information content (AvgIpc) is 2.91. The molecule has 0 aliphatic carbocycles. The average molecular weight is 373 g/mol. The van der Waals surface area contributed by atoms with E-state index in [-0.39, 0.29) is 30.1 Å². The molecule has 0 N–H and O–H groups in total. The number of hydrogen-bond donors (Lipinski definition) is 0. The lowest BCUT2D eigenvalue weighted by Gasteiger charge is -2.24. The van der Waals surface area contributed by atoms with Crippen molar-refractivity contribution in [1.29, 1.82) is 0 Å². The fourth-order valence-corrected chi connectivity index (χ4v) is 3.09. The van der Waals surface area contributed by atoms with E-state index in [2.05, 4.69) is 0 Å². The Morgan fingerprint density at radius 3 is 2.42 bits per heavy atom. The van der Waals surface area contributed by atoms with Gasteiger partial charge < -0.3 is 9.08 Å². The molecule has 0 bridgehead atoms. The van der Waals surface area contributed by atoms with Crippen molar-refractivity contribution in [2.24, 2.45) is 0 Å². The first-order valence-electron chi connectivity index (χ1n) is 6.86. The number of hydrogen-bond acceptors (Lipinski definition) is 4. The van der Waals surface area contributed by atoms with Gasteiger partial charge in [-0.15, -0.1) is 0 Å². The lowest BCUT2D eigenvalue weighted by atomic mass is 10.1. The molecule has 0 amide bonds. The van der Waals surface area contributed by atoms with Crippen molar-refractivity contribution >= 4 is 23.7 Å². The van der Waals surface area contributed by atoms with Crippen LogP contribution in [-0.4, -0.2) is 24.3 Å². The van der Waals surface area contributed by atoms with E-state index in [1.165, 1.54) is 11.8 Å². The second kappa shape index (κ2) is 6.73. The zero-order valence-electron chi connectivity index (χ0n) is 12.4. The predicted octanol–water partition coefficient (Wildman–Crippen LogP) is 4.51. The number of alkyl halides is 6. The van der Waals surface area contributed by atoms with Crippen LogP contribution < -0.4 is 4.90 Å². The predicted molar refractivity (Wildman–Crippen MR) is 76.4 cm³/mol. The third-order valence-electron chi connectivity index (χ3n) is 3.42. The van der Waals surface area contributed by atoms with Gasteiger partial charge in [0.05, 0.1) is 28.4 Å². The van der Waals surface area contributed by atoms with Crippen LogP contribution in [0, 0.1) is 0 Å². The molecule has 1 aliphatic heterocycles. The minimum absolute atomic E-state index is 0.127. The molecule has 0 aromatic heterocycles. The molecule has 1 fully saturated rings. The van der Waals surface area contributed by atoms with Crippen molar-refractivity contribution < 1.29 is 35.3 Å². The molecule has 1 heterocycles. The van der Waals surface area contributed by atoms with E-state index in [0.717, 1.165) is 18.1 Å². The van der Waals surface area contributed by atoms with Crippen molar-refractivity contribution in [3.8, 4) is 0 Å². The largest absolute Gasteiger partial charge is 0.418 e. The SMILES string of the molecule is CC(=O)OSC1CCN(c2ccc(C(F)(F)F)cc2C(F)(F)F)C1. The van der Waals surface area contributed by atoms with Gasteiger partial charge in [-0.3, -0.25) is 4.79 Å². The molecule has 24 heavy (non-hydrogen) atoms. The summed E-state index contributed by atoms with van der Waals surface area (Å²) in [5.74, 6) is -0.524. The van der Waals surface area contributed by atoms with Gasteiger partial charge in [0.15, 0.2) is 0 Å². The Balaban J connectivity index is 2.26. The van der Waals surface area contributed by atoms with E-state index in [9.17, 15) is 31.1 Å². The van der Waals surface area contributed by atoms with Crippen LogP contribution in [0.25, 0.3) is 0 Å². The lowest BCUT2D eigenvalue weighted by Crippen LogP contribution is -2.24. The quantitative estimate of drug-likeness (QED) is 0.576. The molecule has 0 saturated carbocycles. The molecule has 1 atom stereocenters. The molecule has 1 aromatic carbocycles. The topological polar surface area (TPSA) is 29.5 Å². The second-order valence-electron chi connectivity index (χ2n) is 5.26. The van der Waals surface area contributed by atoms with Crippen LogP contribution in [0.4, 0.5) is 32.0 Å². The first-order chi connectivity index (χ1) is 11.0. The molecule has 1 aromatic rings. The highest BCUT2D eigenvalue weighted by Crippen LogP contribution is 2.42. The van der Waals surface area contributed by atoms with E-state index in [1.54, 1.807) is 0 Å². The summed E-state index contributed by atoms with van der Waals surface area (Å²) in [6.45, 7) is 1.58. The summed E-state index contributed by atoms with van der Waals surface area (Å²) in [5, 5.41) is -0.239. The fraction of sp³-hybridized carbons (Fsp3) is 0.500. The third-order valence-corrected chi connectivity index (χ3v) is 4.40. The summed E-state index contributed by atoms with van der Waals surface area (Å²) in [6.07, 6.45) is -9.30. The summed E-state index contributed by atoms with van der Waals surface area (Å²) in [7, 11) is 0. The number of rotatable bonds is 3. The van der Waals surface area contributed by atoms with Crippen molar-refractivity contribution in [2.75, 3.05) is 18.0 Å². The summed E-state index contributed by atoms with van der Waals surface area (Å²) in [6, 6.07) is 1.60. The third kappa shape index (κ3) is 4.49. The zero-order chi connectivity index (χ0) is 18.1. The molecular formula is C14H13F6NO2S. The van der Waals surface area contributed by atoms with Gasteiger partial charge in [0.25, 0.3) is 0 Å². The molecule has 3 nitrogen and oxygen atoms in total. The molecule has 2 rings (SSSR count). The summed E-state index contributed by atoms with van der Waals surface area (Å²) in [5.41, 5.74) is -2.97. The second-order valence-corrected chi connectivity index (χ2v) is 6.28. The van der Waals surface area contributed by atoms with E-state index < -0.39 is 29.4 Å². The Morgan fingerprint density at radius 1 is 1.21 bits per heavy atom. The molecule has 0 spiro atoms. The molecule has 134 valence electrons. The van der Waals surface area contributed by atoms with Crippen LogP contribution in [0.15, 0.2) is 18.2 Å². The minimum atomic E-state index is -4.91. The number of halogens is 6. The number of carbonyl (C=O) groups excluding carboxylic acids is 1. The maximum absolute atomic E-state index is 13.2. The van der Waals surface area contributed by atoms with E-state index in [0.29, 0.717) is 12.5 Å². The maximum atomic E-state index is 13.2. The van der Waals surface area contributed by atoms with Gasteiger partial charge in [-0.05, 0) is 24.6 Å². The number of benzene rings is 1. The van der Waals surface area contributed by atoms with Crippen LogP contribution >= 0.6 is 12.0 Å². The highest BCUT2D eigenvalue weighted by atomic mass is 32.2. The van der Waals surface area contributed by atoms with Crippen molar-refractivity contribution in [3.05, 3.63) is 29.3 Å². The van der Waals surface area contributed by atoms with E-state index >= 15 is 0 Å². The van der Waals surface area contributed by atoms with Gasteiger partial charge in [0.2, 0.25) is 0 Å². The Labute approximate surface area is 138 Å². The minimum Gasteiger partial charge on any atom is -0.391 e. The number of carbonyl (C=O) groups is 1. The van der Waals surface area contributed by atoms with Crippen LogP contribution in [0.1, 0.15) is 24.5 Å². The molecular weight excluding hydrogens is 360 g/mol. The van der Waals surface area contributed by atoms with Gasteiger partial charge in [-0.1, -0.05) is 0 Å². The maximum Gasteiger partial charge on any atom is 0.418 e. The van der Waals surface area contributed by atoms with Crippen LogP contribution in [0.3, 0.4) is 0 Å². The molecule has 10 heteroatoms. The summed E-state index contributed by atoms with van der Waals surface area (Å²) >= 11 is 0.859. The lowest BCUT2D eigenvalue weighted by molar-refractivity contribution is -0.142. The summed E-state index contributed by atoms with van der Waals surface area (Å²) < 4.78 is 82.2. The first kappa shape index (κ1) is 18.8. The van der Waals surface area contributed by atoms with Gasteiger partial charge in [0, 0.05) is 25.7 Å². The van der Waals surface area contributed by atoms with Gasteiger partial charge in [0.1, 0.15) is 0 Å². The fourth-order valence-electron chi connectivity index (χ4n) is 2.38. The van der Waals surface area contributed by atoms with Gasteiger partial charge in [-0.25, -0.2) is 0 Å². The highest BCUT2D eigenvalue weighted by Gasteiger charge is 2.40. The normalized spacial score (nSPS) is 18.8. The Kier molecular flexibility index (Phi) is 5.26. The highest BCUT2D eigenvalue weighted by molar-refractivity contribution is 7.95. The molecule has 1 aliphatic rings. The van der Waals surface area contributed by atoms with Gasteiger partial charge in [-0.2, -0.15) is 26.3 Å². The first-order valence-corrected chi connectivity index (χ1v) is 7.66.